The molecular formula is C24H24Cl2N5O5S2+. The van der Waals surface area contributed by atoms with E-state index in [2.05, 4.69) is 10.6 Å². The summed E-state index contributed by atoms with van der Waals surface area (Å²) < 4.78 is 1.74. The molecule has 5 N–H and O–H groups in total. The van der Waals surface area contributed by atoms with Crippen molar-refractivity contribution in [3.63, 3.8) is 0 Å². The fraction of sp³-hybridized carbons (Fsp3) is 0.292. The molecule has 200 valence electrons. The first-order valence-corrected chi connectivity index (χ1v) is 14.2. The summed E-state index contributed by atoms with van der Waals surface area (Å²) in [5.74, 6) is -1.94. The van der Waals surface area contributed by atoms with Crippen molar-refractivity contribution in [3.8, 4) is 0 Å². The van der Waals surface area contributed by atoms with Gasteiger partial charge in [-0.05, 0) is 18.2 Å². The predicted octanol–water partition coefficient (Wildman–Crippen LogP) is 1.50. The van der Waals surface area contributed by atoms with Crippen LogP contribution in [0.5, 0.6) is 0 Å². The van der Waals surface area contributed by atoms with Gasteiger partial charge >= 0.3 is 5.97 Å². The van der Waals surface area contributed by atoms with Gasteiger partial charge in [-0.2, -0.15) is 0 Å². The van der Waals surface area contributed by atoms with Gasteiger partial charge in [0.15, 0.2) is 18.9 Å². The number of rotatable bonds is 10. The molecule has 1 aromatic heterocycles. The number of carbonyl (C=O) groups is 4. The number of thioether (sulfide) groups is 2. The number of pyridine rings is 1. The van der Waals surface area contributed by atoms with Gasteiger partial charge in [0.25, 0.3) is 11.8 Å². The molecule has 0 radical (unpaired) electrons. The van der Waals surface area contributed by atoms with Crippen LogP contribution >= 0.6 is 46.7 Å². The second-order valence-corrected chi connectivity index (χ2v) is 11.3. The molecule has 2 atom stereocenters. The summed E-state index contributed by atoms with van der Waals surface area (Å²) in [6.45, 7) is 0.922. The maximum absolute atomic E-state index is 12.9. The molecule has 0 spiro atoms. The normalized spacial score (nSPS) is 18.5. The van der Waals surface area contributed by atoms with Gasteiger partial charge in [0.05, 0.1) is 16.3 Å². The average Bonchev–Trinajstić information content (AvgIpc) is 2.90. The van der Waals surface area contributed by atoms with Crippen LogP contribution in [0.3, 0.4) is 0 Å². The third-order valence-electron chi connectivity index (χ3n) is 5.77. The molecule has 0 aliphatic carbocycles. The van der Waals surface area contributed by atoms with Crippen molar-refractivity contribution in [1.82, 2.24) is 15.5 Å². The number of carboxylic acids is 1. The highest BCUT2D eigenvalue weighted by Crippen LogP contribution is 2.40. The molecular weight excluding hydrogens is 573 g/mol. The van der Waals surface area contributed by atoms with Crippen molar-refractivity contribution in [2.45, 2.75) is 22.9 Å². The van der Waals surface area contributed by atoms with Crippen LogP contribution in [-0.4, -0.2) is 69.7 Å². The lowest BCUT2D eigenvalue weighted by Gasteiger charge is -2.49. The lowest BCUT2D eigenvalue weighted by atomic mass is 10.0. The number of halogens is 2. The van der Waals surface area contributed by atoms with Crippen LogP contribution in [-0.2, 0) is 20.9 Å². The lowest BCUT2D eigenvalue weighted by Crippen LogP contribution is -2.70. The van der Waals surface area contributed by atoms with E-state index in [9.17, 15) is 24.3 Å². The van der Waals surface area contributed by atoms with E-state index in [1.165, 1.54) is 28.4 Å². The number of nitrogens with two attached hydrogens (primary N) is 1. The van der Waals surface area contributed by atoms with Gasteiger partial charge in [-0.3, -0.25) is 19.3 Å². The Morgan fingerprint density at radius 3 is 2.63 bits per heavy atom. The van der Waals surface area contributed by atoms with Gasteiger partial charge in [0.1, 0.15) is 17.1 Å². The third kappa shape index (κ3) is 6.26. The molecule has 1 fully saturated rings. The van der Waals surface area contributed by atoms with Crippen molar-refractivity contribution in [3.05, 3.63) is 69.6 Å². The summed E-state index contributed by atoms with van der Waals surface area (Å²) in [6, 6.07) is 7.37. The van der Waals surface area contributed by atoms with Gasteiger partial charge in [-0.25, -0.2) is 9.36 Å². The maximum Gasteiger partial charge on any atom is 0.352 e. The number of carbonyl (C=O) groups excluding carboxylic acids is 3. The SMILES string of the molecule is NCCNC(=O)c1cc[n+](CC2=C(C(=O)O)N3C(=O)[C@@H](NC(=O)CSc4cc(Cl)ccc4Cl)[C@H]3SC2)cc1. The third-order valence-corrected chi connectivity index (χ3v) is 8.85. The number of β-lactam (4-membered cyclic amide) rings is 1. The van der Waals surface area contributed by atoms with E-state index in [1.807, 2.05) is 0 Å². The largest absolute Gasteiger partial charge is 0.477 e. The minimum absolute atomic E-state index is 0.0188. The van der Waals surface area contributed by atoms with Crippen molar-refractivity contribution in [2.75, 3.05) is 24.6 Å². The Morgan fingerprint density at radius 2 is 1.95 bits per heavy atom. The second kappa shape index (κ2) is 12.4. The Labute approximate surface area is 236 Å². The number of nitrogens with zero attached hydrogens (tertiary/aromatic N) is 2. The van der Waals surface area contributed by atoms with E-state index >= 15 is 0 Å². The fourth-order valence-electron chi connectivity index (χ4n) is 3.97. The van der Waals surface area contributed by atoms with Gasteiger partial charge in [0, 0.05) is 46.5 Å². The Morgan fingerprint density at radius 1 is 1.21 bits per heavy atom. The van der Waals surface area contributed by atoms with Crippen LogP contribution < -0.4 is 20.9 Å². The zero-order valence-corrected chi connectivity index (χ0v) is 23.0. The van der Waals surface area contributed by atoms with Crippen LogP contribution in [0.4, 0.5) is 0 Å². The molecule has 3 amide bonds. The molecule has 0 unspecified atom stereocenters. The summed E-state index contributed by atoms with van der Waals surface area (Å²) in [4.78, 5) is 51.5. The van der Waals surface area contributed by atoms with E-state index in [0.717, 1.165) is 0 Å². The molecule has 2 aliphatic rings. The van der Waals surface area contributed by atoms with Crippen LogP contribution in [0.25, 0.3) is 0 Å². The molecule has 2 aliphatic heterocycles. The van der Waals surface area contributed by atoms with Crippen molar-refractivity contribution < 1.29 is 28.9 Å². The van der Waals surface area contributed by atoms with Gasteiger partial charge in [-0.15, -0.1) is 23.5 Å². The van der Waals surface area contributed by atoms with E-state index in [-0.39, 0.29) is 29.8 Å². The summed E-state index contributed by atoms with van der Waals surface area (Å²) in [5.41, 5.74) is 6.32. The van der Waals surface area contributed by atoms with E-state index in [0.29, 0.717) is 44.9 Å². The quantitative estimate of drug-likeness (QED) is 0.183. The number of nitrogens with one attached hydrogen (secondary N) is 2. The number of carboxylic acid groups (broad SMARTS) is 1. The maximum atomic E-state index is 12.9. The predicted molar refractivity (Wildman–Crippen MR) is 145 cm³/mol. The van der Waals surface area contributed by atoms with Gasteiger partial charge in [-0.1, -0.05) is 23.2 Å². The molecule has 4 rings (SSSR count). The molecule has 0 bridgehead atoms. The highest BCUT2D eigenvalue weighted by molar-refractivity contribution is 8.00. The number of fused-ring (bicyclic) bond motifs is 1. The second-order valence-electron chi connectivity index (χ2n) is 8.38. The molecule has 10 nitrogen and oxygen atoms in total. The Balaban J connectivity index is 1.40. The van der Waals surface area contributed by atoms with Crippen molar-refractivity contribution in [1.29, 1.82) is 0 Å². The summed E-state index contributed by atoms with van der Waals surface area (Å²) in [5, 5.41) is 15.7. The van der Waals surface area contributed by atoms with E-state index < -0.39 is 23.3 Å². The van der Waals surface area contributed by atoms with Crippen LogP contribution in [0.2, 0.25) is 10.0 Å². The molecule has 0 saturated carbocycles. The van der Waals surface area contributed by atoms with Crippen molar-refractivity contribution >= 4 is 70.4 Å². The van der Waals surface area contributed by atoms with Crippen molar-refractivity contribution in [2.24, 2.45) is 5.73 Å². The zero-order chi connectivity index (χ0) is 27.4. The highest BCUT2D eigenvalue weighted by atomic mass is 35.5. The van der Waals surface area contributed by atoms with Crippen LogP contribution in [0.1, 0.15) is 10.4 Å². The molecule has 38 heavy (non-hydrogen) atoms. The topological polar surface area (TPSA) is 146 Å². The molecule has 14 heteroatoms. The van der Waals surface area contributed by atoms with Crippen LogP contribution in [0.15, 0.2) is 58.9 Å². The van der Waals surface area contributed by atoms with Crippen LogP contribution in [0, 0.1) is 0 Å². The average molecular weight is 598 g/mol. The van der Waals surface area contributed by atoms with E-state index in [4.69, 9.17) is 28.9 Å². The molecule has 2 aromatic rings. The smallest absolute Gasteiger partial charge is 0.352 e. The van der Waals surface area contributed by atoms with E-state index in [1.54, 1.807) is 47.3 Å². The number of aliphatic carboxylic acids is 1. The number of hydrogen-bond acceptors (Lipinski definition) is 7. The monoisotopic (exact) mass is 596 g/mol. The molecule has 1 saturated heterocycles. The van der Waals surface area contributed by atoms with Gasteiger partial charge in [0.2, 0.25) is 5.91 Å². The first kappa shape index (κ1) is 28.2. The standard InChI is InChI=1S/C24H23Cl2N5O5S2/c25-15-1-2-16(26)17(9-15)37-12-18(32)29-19-22(34)31-20(24(35)36)14(11-38-23(19)31)10-30-7-3-13(4-8-30)21(33)28-6-5-27/h1-4,7-9,19,23H,5-6,10-12,27H2,(H2-,28,29,32,33,35,36)/p+1/t19-,23-/m1/s1. The first-order valence-electron chi connectivity index (χ1n) is 11.4. The minimum atomic E-state index is -1.21. The van der Waals surface area contributed by atoms with Gasteiger partial charge < -0.3 is 21.5 Å². The Kier molecular flexibility index (Phi) is 9.21. The zero-order valence-electron chi connectivity index (χ0n) is 19.9. The fourth-order valence-corrected chi connectivity index (χ4v) is 6.61. The summed E-state index contributed by atoms with van der Waals surface area (Å²) in [6.07, 6.45) is 3.34. The number of benzene rings is 1. The first-order chi connectivity index (χ1) is 18.2. The lowest BCUT2D eigenvalue weighted by molar-refractivity contribution is -0.689. The number of hydrogen-bond donors (Lipinski definition) is 4. The minimum Gasteiger partial charge on any atom is -0.477 e. The Hall–Kier alpha value is -2.77. The summed E-state index contributed by atoms with van der Waals surface area (Å²) >= 11 is 14.7. The Bertz CT molecular complexity index is 1310. The number of aromatic nitrogens is 1. The summed E-state index contributed by atoms with van der Waals surface area (Å²) in [7, 11) is 0. The highest BCUT2D eigenvalue weighted by Gasteiger charge is 2.54. The number of amides is 3. The molecule has 1 aromatic carbocycles. The molecule has 3 heterocycles.